The second kappa shape index (κ2) is 10.0. The van der Waals surface area contributed by atoms with Crippen molar-refractivity contribution >= 4 is 17.8 Å². The molecule has 2 unspecified atom stereocenters. The van der Waals surface area contributed by atoms with E-state index in [2.05, 4.69) is 15.6 Å². The van der Waals surface area contributed by atoms with Crippen molar-refractivity contribution in [2.45, 2.75) is 44.8 Å². The molecule has 0 bridgehead atoms. The summed E-state index contributed by atoms with van der Waals surface area (Å²) in [6.45, 7) is 5.63. The number of para-hydroxylation sites is 1. The number of ether oxygens (including phenoxy) is 2. The monoisotopic (exact) mass is 475 g/mol. The van der Waals surface area contributed by atoms with E-state index in [-0.39, 0.29) is 17.7 Å². The smallest absolute Gasteiger partial charge is 0.413 e. The lowest BCUT2D eigenvalue weighted by Gasteiger charge is -2.23. The van der Waals surface area contributed by atoms with Gasteiger partial charge in [0.2, 0.25) is 0 Å². The van der Waals surface area contributed by atoms with Gasteiger partial charge in [-0.05, 0) is 57.5 Å². The lowest BCUT2D eigenvalue weighted by atomic mass is 9.91. The van der Waals surface area contributed by atoms with E-state index in [1.807, 2.05) is 53.4 Å². The Balaban J connectivity index is 1.38. The van der Waals surface area contributed by atoms with Gasteiger partial charge in [-0.1, -0.05) is 18.2 Å². The van der Waals surface area contributed by atoms with Crippen LogP contribution in [0.1, 0.15) is 49.0 Å². The Labute approximate surface area is 204 Å². The fourth-order valence-electron chi connectivity index (χ4n) is 3.93. The molecular formula is C26H29N5O4. The number of amidine groups is 1. The van der Waals surface area contributed by atoms with Crippen LogP contribution in [0.4, 0.5) is 4.79 Å². The average Bonchev–Trinajstić information content (AvgIpc) is 3.46. The van der Waals surface area contributed by atoms with Crippen molar-refractivity contribution in [3.8, 4) is 11.6 Å². The van der Waals surface area contributed by atoms with Gasteiger partial charge in [-0.15, -0.1) is 0 Å². The molecule has 1 aromatic carbocycles. The van der Waals surface area contributed by atoms with Crippen LogP contribution in [0, 0.1) is 5.41 Å². The number of rotatable bonds is 6. The first-order valence-corrected chi connectivity index (χ1v) is 11.4. The summed E-state index contributed by atoms with van der Waals surface area (Å²) in [6, 6.07) is 14.9. The SMILES string of the molecule is CC(C)(C)OC(=O)NC(=N)C1Oc2ccccc2C1CCNC(=O)c1ccc(-n2cccc2)nc1. The van der Waals surface area contributed by atoms with Crippen LogP contribution in [0.2, 0.25) is 0 Å². The molecule has 0 aliphatic carbocycles. The van der Waals surface area contributed by atoms with Gasteiger partial charge in [0, 0.05) is 36.6 Å². The molecule has 9 heteroatoms. The van der Waals surface area contributed by atoms with E-state index in [1.165, 1.54) is 0 Å². The van der Waals surface area contributed by atoms with Gasteiger partial charge in [-0.2, -0.15) is 0 Å². The summed E-state index contributed by atoms with van der Waals surface area (Å²) in [6.07, 6.45) is 4.43. The summed E-state index contributed by atoms with van der Waals surface area (Å²) in [5, 5.41) is 13.8. The van der Waals surface area contributed by atoms with E-state index in [0.29, 0.717) is 24.3 Å². The number of carbonyl (C=O) groups is 2. The van der Waals surface area contributed by atoms with Crippen LogP contribution in [-0.2, 0) is 4.74 Å². The molecule has 0 radical (unpaired) electrons. The van der Waals surface area contributed by atoms with Gasteiger partial charge in [0.25, 0.3) is 5.91 Å². The van der Waals surface area contributed by atoms with Gasteiger partial charge < -0.3 is 19.4 Å². The highest BCUT2D eigenvalue weighted by Gasteiger charge is 2.38. The van der Waals surface area contributed by atoms with Crippen LogP contribution in [0.15, 0.2) is 67.1 Å². The molecule has 3 aromatic rings. The maximum atomic E-state index is 12.7. The highest BCUT2D eigenvalue weighted by atomic mass is 16.6. The number of nitrogens with zero attached hydrogens (tertiary/aromatic N) is 2. The highest BCUT2D eigenvalue weighted by Crippen LogP contribution is 2.40. The number of amides is 2. The second-order valence-corrected chi connectivity index (χ2v) is 9.26. The first-order valence-electron chi connectivity index (χ1n) is 11.4. The maximum Gasteiger partial charge on any atom is 0.413 e. The minimum atomic E-state index is -0.704. The molecule has 1 aliphatic rings. The highest BCUT2D eigenvalue weighted by molar-refractivity contribution is 5.97. The van der Waals surface area contributed by atoms with Crippen LogP contribution in [0.5, 0.6) is 5.75 Å². The zero-order chi connectivity index (χ0) is 25.0. The summed E-state index contributed by atoms with van der Waals surface area (Å²) >= 11 is 0. The van der Waals surface area contributed by atoms with E-state index in [0.717, 1.165) is 11.4 Å². The summed E-state index contributed by atoms with van der Waals surface area (Å²) < 4.78 is 13.1. The topological polar surface area (TPSA) is 118 Å². The molecule has 0 spiro atoms. The molecule has 3 N–H and O–H groups in total. The number of hydrogen-bond acceptors (Lipinski definition) is 6. The minimum absolute atomic E-state index is 0.0865. The Bertz CT molecular complexity index is 1200. The quantitative estimate of drug-likeness (QED) is 0.367. The largest absolute Gasteiger partial charge is 0.482 e. The van der Waals surface area contributed by atoms with Gasteiger partial charge in [0.1, 0.15) is 23.0 Å². The molecule has 9 nitrogen and oxygen atoms in total. The minimum Gasteiger partial charge on any atom is -0.482 e. The molecule has 3 heterocycles. The van der Waals surface area contributed by atoms with Crippen molar-refractivity contribution < 1.29 is 19.1 Å². The summed E-state index contributed by atoms with van der Waals surface area (Å²) in [4.78, 5) is 29.2. The number of hydrogen-bond donors (Lipinski definition) is 3. The normalized spacial score (nSPS) is 16.7. The first-order chi connectivity index (χ1) is 16.7. The van der Waals surface area contributed by atoms with Crippen LogP contribution < -0.4 is 15.4 Å². The van der Waals surface area contributed by atoms with Gasteiger partial charge >= 0.3 is 6.09 Å². The Hall–Kier alpha value is -4.14. The maximum absolute atomic E-state index is 12.7. The number of fused-ring (bicyclic) bond motifs is 1. The Morgan fingerprint density at radius 1 is 1.11 bits per heavy atom. The van der Waals surface area contributed by atoms with Crippen molar-refractivity contribution in [3.05, 3.63) is 78.2 Å². The summed E-state index contributed by atoms with van der Waals surface area (Å²) in [5.74, 6) is 0.849. The third kappa shape index (κ3) is 5.87. The predicted octanol–water partition coefficient (Wildman–Crippen LogP) is 4.04. The van der Waals surface area contributed by atoms with Crippen molar-refractivity contribution in [2.75, 3.05) is 6.54 Å². The van der Waals surface area contributed by atoms with Crippen molar-refractivity contribution in [1.29, 1.82) is 5.41 Å². The summed E-state index contributed by atoms with van der Waals surface area (Å²) in [7, 11) is 0. The Morgan fingerprint density at radius 3 is 2.54 bits per heavy atom. The standard InChI is InChI=1S/C26H29N5O4/c1-26(2,3)35-25(33)30-23(27)22-19(18-8-4-5-9-20(18)34-22)12-13-28-24(32)17-10-11-21(29-16-17)31-14-6-7-15-31/h4-11,14-16,19,22H,12-13H2,1-3H3,(H,28,32)(H2,27,30,33). The van der Waals surface area contributed by atoms with Crippen molar-refractivity contribution in [1.82, 2.24) is 20.2 Å². The summed E-state index contributed by atoms with van der Waals surface area (Å²) in [5.41, 5.74) is 0.711. The molecule has 182 valence electrons. The third-order valence-electron chi connectivity index (χ3n) is 5.48. The molecule has 4 rings (SSSR count). The van der Waals surface area contributed by atoms with Crippen LogP contribution in [0.25, 0.3) is 5.82 Å². The van der Waals surface area contributed by atoms with E-state index in [1.54, 1.807) is 39.1 Å². The number of nitrogens with one attached hydrogen (secondary N) is 3. The van der Waals surface area contributed by atoms with Gasteiger partial charge in [0.05, 0.1) is 5.56 Å². The zero-order valence-electron chi connectivity index (χ0n) is 19.9. The molecule has 2 aromatic heterocycles. The van der Waals surface area contributed by atoms with Crippen molar-refractivity contribution in [3.63, 3.8) is 0 Å². The van der Waals surface area contributed by atoms with Gasteiger partial charge in [-0.25, -0.2) is 9.78 Å². The van der Waals surface area contributed by atoms with Crippen molar-refractivity contribution in [2.24, 2.45) is 0 Å². The van der Waals surface area contributed by atoms with E-state index >= 15 is 0 Å². The fourth-order valence-corrected chi connectivity index (χ4v) is 3.93. The molecule has 0 saturated carbocycles. The lowest BCUT2D eigenvalue weighted by molar-refractivity contribution is 0.0556. The number of carbonyl (C=O) groups excluding carboxylic acids is 2. The average molecular weight is 476 g/mol. The van der Waals surface area contributed by atoms with E-state index < -0.39 is 17.8 Å². The lowest BCUT2D eigenvalue weighted by Crippen LogP contribution is -2.44. The molecule has 2 amide bonds. The molecular weight excluding hydrogens is 446 g/mol. The molecule has 35 heavy (non-hydrogen) atoms. The molecule has 0 fully saturated rings. The second-order valence-electron chi connectivity index (χ2n) is 9.26. The van der Waals surface area contributed by atoms with Crippen LogP contribution in [-0.4, -0.2) is 45.6 Å². The Morgan fingerprint density at radius 2 is 1.86 bits per heavy atom. The first kappa shape index (κ1) is 24.0. The predicted molar refractivity (Wildman–Crippen MR) is 131 cm³/mol. The van der Waals surface area contributed by atoms with Gasteiger partial charge in [0.15, 0.2) is 6.10 Å². The van der Waals surface area contributed by atoms with Crippen LogP contribution in [0.3, 0.4) is 0 Å². The number of aromatic nitrogens is 2. The molecule has 0 saturated heterocycles. The Kier molecular flexibility index (Phi) is 6.86. The van der Waals surface area contributed by atoms with E-state index in [4.69, 9.17) is 14.9 Å². The number of benzene rings is 1. The number of alkyl carbamates (subject to hydrolysis) is 1. The van der Waals surface area contributed by atoms with Gasteiger partial charge in [-0.3, -0.25) is 15.5 Å². The van der Waals surface area contributed by atoms with Crippen LogP contribution >= 0.6 is 0 Å². The number of pyridine rings is 1. The van der Waals surface area contributed by atoms with E-state index in [9.17, 15) is 9.59 Å². The third-order valence-corrected chi connectivity index (χ3v) is 5.48. The molecule has 2 atom stereocenters. The fraction of sp³-hybridized carbons (Fsp3) is 0.308. The molecule has 1 aliphatic heterocycles. The zero-order valence-corrected chi connectivity index (χ0v) is 19.9.